The number of aryl methyl sites for hydroxylation is 1. The molecule has 2 aromatic carbocycles. The van der Waals surface area contributed by atoms with Gasteiger partial charge in [-0.2, -0.15) is 0 Å². The SMILES string of the molecule is CNC(=O)[C@@H](C)N(Cc1cccc(C)c1)C(=O)CN(c1ccccc1F)S(C)(=O)=O. The quantitative estimate of drug-likeness (QED) is 0.688. The first-order valence-electron chi connectivity index (χ1n) is 9.33. The molecule has 0 radical (unpaired) electrons. The van der Waals surface area contributed by atoms with Gasteiger partial charge >= 0.3 is 0 Å². The van der Waals surface area contributed by atoms with Crippen LogP contribution in [0.2, 0.25) is 0 Å². The summed E-state index contributed by atoms with van der Waals surface area (Å²) in [6.45, 7) is 2.93. The molecule has 0 saturated carbocycles. The number of hydrogen-bond acceptors (Lipinski definition) is 4. The van der Waals surface area contributed by atoms with E-state index in [4.69, 9.17) is 0 Å². The molecule has 0 spiro atoms. The van der Waals surface area contributed by atoms with E-state index in [0.717, 1.165) is 23.4 Å². The molecule has 0 bridgehead atoms. The largest absolute Gasteiger partial charge is 0.357 e. The first-order chi connectivity index (χ1) is 14.0. The van der Waals surface area contributed by atoms with E-state index in [0.29, 0.717) is 4.31 Å². The first-order valence-corrected chi connectivity index (χ1v) is 11.2. The highest BCUT2D eigenvalue weighted by Crippen LogP contribution is 2.22. The van der Waals surface area contributed by atoms with E-state index in [1.165, 1.54) is 30.1 Å². The summed E-state index contributed by atoms with van der Waals surface area (Å²) in [5.41, 5.74) is 1.55. The van der Waals surface area contributed by atoms with Crippen LogP contribution in [0.15, 0.2) is 48.5 Å². The molecular weight excluding hydrogens is 409 g/mol. The van der Waals surface area contributed by atoms with Crippen molar-refractivity contribution >= 4 is 27.5 Å². The van der Waals surface area contributed by atoms with Crippen LogP contribution >= 0.6 is 0 Å². The minimum absolute atomic E-state index is 0.101. The smallest absolute Gasteiger partial charge is 0.244 e. The van der Waals surface area contributed by atoms with Gasteiger partial charge in [0.25, 0.3) is 0 Å². The van der Waals surface area contributed by atoms with Gasteiger partial charge in [0, 0.05) is 13.6 Å². The highest BCUT2D eigenvalue weighted by Gasteiger charge is 2.30. The molecule has 2 aromatic rings. The number of nitrogens with one attached hydrogen (secondary N) is 1. The van der Waals surface area contributed by atoms with Crippen LogP contribution in [-0.4, -0.2) is 51.0 Å². The average Bonchev–Trinajstić information content (AvgIpc) is 2.69. The van der Waals surface area contributed by atoms with E-state index < -0.39 is 40.2 Å². The number of benzene rings is 2. The third-order valence-electron chi connectivity index (χ3n) is 4.65. The average molecular weight is 436 g/mol. The number of amides is 2. The fourth-order valence-electron chi connectivity index (χ4n) is 3.05. The van der Waals surface area contributed by atoms with Crippen LogP contribution in [0.4, 0.5) is 10.1 Å². The van der Waals surface area contributed by atoms with Gasteiger partial charge < -0.3 is 10.2 Å². The van der Waals surface area contributed by atoms with E-state index in [1.54, 1.807) is 6.92 Å². The predicted molar refractivity (Wildman–Crippen MR) is 114 cm³/mol. The molecule has 0 unspecified atom stereocenters. The number of rotatable bonds is 8. The lowest BCUT2D eigenvalue weighted by Gasteiger charge is -2.31. The van der Waals surface area contributed by atoms with Crippen LogP contribution < -0.4 is 9.62 Å². The van der Waals surface area contributed by atoms with Crippen molar-refractivity contribution in [3.8, 4) is 0 Å². The summed E-state index contributed by atoms with van der Waals surface area (Å²) in [5.74, 6) is -1.78. The molecule has 0 saturated heterocycles. The summed E-state index contributed by atoms with van der Waals surface area (Å²) in [5, 5.41) is 2.50. The molecule has 2 amide bonds. The maximum absolute atomic E-state index is 14.3. The lowest BCUT2D eigenvalue weighted by Crippen LogP contribution is -2.50. The Labute approximate surface area is 176 Å². The van der Waals surface area contributed by atoms with Gasteiger partial charge in [0.1, 0.15) is 18.4 Å². The van der Waals surface area contributed by atoms with Gasteiger partial charge in [-0.15, -0.1) is 0 Å². The van der Waals surface area contributed by atoms with E-state index in [9.17, 15) is 22.4 Å². The van der Waals surface area contributed by atoms with Crippen molar-refractivity contribution in [3.05, 3.63) is 65.5 Å². The first kappa shape index (κ1) is 23.3. The number of hydrogen-bond donors (Lipinski definition) is 1. The van der Waals surface area contributed by atoms with Crippen molar-refractivity contribution in [3.63, 3.8) is 0 Å². The molecule has 0 aromatic heterocycles. The molecule has 1 atom stereocenters. The molecule has 1 N–H and O–H groups in total. The molecule has 0 heterocycles. The number of sulfonamides is 1. The lowest BCUT2D eigenvalue weighted by atomic mass is 10.1. The Morgan fingerprint density at radius 2 is 1.80 bits per heavy atom. The summed E-state index contributed by atoms with van der Waals surface area (Å²) in [7, 11) is -2.50. The minimum atomic E-state index is -3.95. The molecule has 30 heavy (non-hydrogen) atoms. The van der Waals surface area contributed by atoms with Crippen molar-refractivity contribution in [2.24, 2.45) is 0 Å². The topological polar surface area (TPSA) is 86.8 Å². The Balaban J connectivity index is 2.40. The number of anilines is 1. The van der Waals surface area contributed by atoms with E-state index in [2.05, 4.69) is 5.32 Å². The Morgan fingerprint density at radius 3 is 2.37 bits per heavy atom. The number of likely N-dealkylation sites (N-methyl/N-ethyl adjacent to an activating group) is 1. The summed E-state index contributed by atoms with van der Waals surface area (Å²) >= 11 is 0. The third-order valence-corrected chi connectivity index (χ3v) is 5.78. The van der Waals surface area contributed by atoms with Crippen LogP contribution in [0, 0.1) is 12.7 Å². The monoisotopic (exact) mass is 435 g/mol. The van der Waals surface area contributed by atoms with Crippen molar-refractivity contribution < 1.29 is 22.4 Å². The molecule has 2 rings (SSSR count). The van der Waals surface area contributed by atoms with E-state index in [1.807, 2.05) is 31.2 Å². The van der Waals surface area contributed by atoms with Crippen LogP contribution in [-0.2, 0) is 26.2 Å². The fourth-order valence-corrected chi connectivity index (χ4v) is 3.90. The highest BCUT2D eigenvalue weighted by molar-refractivity contribution is 7.92. The Bertz CT molecular complexity index is 1030. The van der Waals surface area contributed by atoms with Crippen LogP contribution in [0.25, 0.3) is 0 Å². The molecule has 7 nitrogen and oxygen atoms in total. The predicted octanol–water partition coefficient (Wildman–Crippen LogP) is 2.06. The summed E-state index contributed by atoms with van der Waals surface area (Å²) < 4.78 is 39.6. The Hall–Kier alpha value is -2.94. The van der Waals surface area contributed by atoms with Crippen LogP contribution in [0.5, 0.6) is 0 Å². The minimum Gasteiger partial charge on any atom is -0.357 e. The van der Waals surface area contributed by atoms with Gasteiger partial charge in [-0.05, 0) is 31.5 Å². The lowest BCUT2D eigenvalue weighted by molar-refractivity contribution is -0.139. The van der Waals surface area contributed by atoms with Gasteiger partial charge in [0.05, 0.1) is 11.9 Å². The second kappa shape index (κ2) is 9.71. The van der Waals surface area contributed by atoms with Gasteiger partial charge in [-0.3, -0.25) is 13.9 Å². The summed E-state index contributed by atoms with van der Waals surface area (Å²) in [6.07, 6.45) is 0.903. The van der Waals surface area contributed by atoms with Crippen molar-refractivity contribution in [1.82, 2.24) is 10.2 Å². The number of halogens is 1. The highest BCUT2D eigenvalue weighted by atomic mass is 32.2. The number of nitrogens with zero attached hydrogens (tertiary/aromatic N) is 2. The zero-order valence-electron chi connectivity index (χ0n) is 17.4. The van der Waals surface area contributed by atoms with Crippen molar-refractivity contribution in [2.75, 3.05) is 24.2 Å². The van der Waals surface area contributed by atoms with Crippen molar-refractivity contribution in [2.45, 2.75) is 26.4 Å². The van der Waals surface area contributed by atoms with Gasteiger partial charge in [-0.25, -0.2) is 12.8 Å². The van der Waals surface area contributed by atoms with E-state index >= 15 is 0 Å². The molecule has 0 aliphatic heterocycles. The zero-order chi connectivity index (χ0) is 22.5. The number of carbonyl (C=O) groups is 2. The normalized spacial score (nSPS) is 12.2. The van der Waals surface area contributed by atoms with Crippen LogP contribution in [0.3, 0.4) is 0 Å². The molecular formula is C21H26FN3O4S. The maximum atomic E-state index is 14.3. The molecule has 0 fully saturated rings. The fraction of sp³-hybridized carbons (Fsp3) is 0.333. The molecule has 0 aliphatic rings. The van der Waals surface area contributed by atoms with Crippen LogP contribution in [0.1, 0.15) is 18.1 Å². The Morgan fingerprint density at radius 1 is 1.13 bits per heavy atom. The zero-order valence-corrected chi connectivity index (χ0v) is 18.2. The second-order valence-electron chi connectivity index (χ2n) is 7.02. The molecule has 9 heteroatoms. The Kier molecular flexibility index (Phi) is 7.55. The van der Waals surface area contributed by atoms with Gasteiger partial charge in [0.2, 0.25) is 21.8 Å². The second-order valence-corrected chi connectivity index (χ2v) is 8.93. The molecule has 0 aliphatic carbocycles. The maximum Gasteiger partial charge on any atom is 0.244 e. The van der Waals surface area contributed by atoms with Gasteiger partial charge in [0.15, 0.2) is 0 Å². The number of carbonyl (C=O) groups excluding carboxylic acids is 2. The molecule has 162 valence electrons. The van der Waals surface area contributed by atoms with Crippen molar-refractivity contribution in [1.29, 1.82) is 0 Å². The standard InChI is InChI=1S/C21H26FN3O4S/c1-15-8-7-9-17(12-15)13-24(16(2)21(27)23-3)20(26)14-25(30(4,28)29)19-11-6-5-10-18(19)22/h5-12,16H,13-14H2,1-4H3,(H,23,27)/t16-/m1/s1. The number of para-hydroxylation sites is 1. The third kappa shape index (κ3) is 5.79. The van der Waals surface area contributed by atoms with E-state index in [-0.39, 0.29) is 12.2 Å². The van der Waals surface area contributed by atoms with Gasteiger partial charge in [-0.1, -0.05) is 42.0 Å². The summed E-state index contributed by atoms with van der Waals surface area (Å²) in [6, 6.07) is 11.9. The summed E-state index contributed by atoms with van der Waals surface area (Å²) in [4.78, 5) is 26.7.